The number of carboxylic acid groups (broad SMARTS) is 1. The largest absolute Gasteiger partial charge is 0.478 e. The molecule has 0 atom stereocenters. The van der Waals surface area contributed by atoms with Gasteiger partial charge in [-0.05, 0) is 25.1 Å². The molecule has 0 saturated carbocycles. The van der Waals surface area contributed by atoms with E-state index in [9.17, 15) is 4.79 Å². The number of rotatable bonds is 4. The highest BCUT2D eigenvalue weighted by Gasteiger charge is 2.02. The molecule has 0 aromatic heterocycles. The van der Waals surface area contributed by atoms with Crippen molar-refractivity contribution in [2.24, 2.45) is 0 Å². The minimum Gasteiger partial charge on any atom is -0.478 e. The lowest BCUT2D eigenvalue weighted by Crippen LogP contribution is -1.96. The molecule has 16 heavy (non-hydrogen) atoms. The van der Waals surface area contributed by atoms with Gasteiger partial charge in [0, 0.05) is 26.9 Å². The topological polar surface area (TPSA) is 63.3 Å². The first-order chi connectivity index (χ1) is 7.50. The smallest absolute Gasteiger partial charge is 0.330 e. The number of carbonyl (C=O) groups is 1. The molecule has 0 aliphatic carbocycles. The predicted octanol–water partition coefficient (Wildman–Crippen LogP) is 3.05. The molecule has 0 aliphatic rings. The zero-order chi connectivity index (χ0) is 12.1. The lowest BCUT2D eigenvalue weighted by molar-refractivity contribution is -0.132. The van der Waals surface area contributed by atoms with Gasteiger partial charge in [-0.1, -0.05) is 17.7 Å². The van der Waals surface area contributed by atoms with E-state index in [1.54, 1.807) is 31.2 Å². The molecule has 0 spiro atoms. The Morgan fingerprint density at radius 1 is 1.62 bits per heavy atom. The number of nitrogens with two attached hydrogens (primary N) is 1. The average molecular weight is 258 g/mol. The molecule has 0 fully saturated rings. The molecule has 1 aromatic rings. The maximum absolute atomic E-state index is 10.5. The van der Waals surface area contributed by atoms with Crippen LogP contribution in [0.25, 0.3) is 0 Å². The molecule has 1 aromatic carbocycles. The summed E-state index contributed by atoms with van der Waals surface area (Å²) in [6, 6.07) is 5.23. The van der Waals surface area contributed by atoms with Crippen LogP contribution in [0.1, 0.15) is 6.92 Å². The second-order valence-corrected chi connectivity index (χ2v) is 4.68. The average Bonchev–Trinajstić information content (AvgIpc) is 2.22. The third-order valence-electron chi connectivity index (χ3n) is 1.94. The summed E-state index contributed by atoms with van der Waals surface area (Å²) in [5, 5.41) is 9.28. The predicted molar refractivity (Wildman–Crippen MR) is 68.0 cm³/mol. The van der Waals surface area contributed by atoms with Crippen LogP contribution in [0.4, 0.5) is 5.69 Å². The number of carboxylic acids is 1. The summed E-state index contributed by atoms with van der Waals surface area (Å²) < 4.78 is 0. The van der Waals surface area contributed by atoms with Crippen LogP contribution in [0.15, 0.2) is 34.7 Å². The fraction of sp³-hybridized carbons (Fsp3) is 0.182. The van der Waals surface area contributed by atoms with Gasteiger partial charge in [-0.3, -0.25) is 0 Å². The van der Waals surface area contributed by atoms with Crippen molar-refractivity contribution in [1.82, 2.24) is 0 Å². The molecular weight excluding hydrogens is 246 g/mol. The number of benzene rings is 1. The molecule has 3 nitrogen and oxygen atoms in total. The number of halogens is 1. The molecular formula is C11H12ClNO2S. The van der Waals surface area contributed by atoms with Gasteiger partial charge in [0.1, 0.15) is 0 Å². The van der Waals surface area contributed by atoms with E-state index in [4.69, 9.17) is 22.4 Å². The van der Waals surface area contributed by atoms with E-state index < -0.39 is 5.97 Å². The first-order valence-electron chi connectivity index (χ1n) is 4.58. The molecule has 5 heteroatoms. The molecule has 0 unspecified atom stereocenters. The van der Waals surface area contributed by atoms with Crippen molar-refractivity contribution in [1.29, 1.82) is 0 Å². The Kier molecular flexibility index (Phi) is 4.71. The minimum atomic E-state index is -0.903. The van der Waals surface area contributed by atoms with Gasteiger partial charge in [-0.2, -0.15) is 0 Å². The van der Waals surface area contributed by atoms with Crippen molar-refractivity contribution in [2.75, 3.05) is 11.5 Å². The van der Waals surface area contributed by atoms with Crippen LogP contribution >= 0.6 is 23.4 Å². The van der Waals surface area contributed by atoms with Crippen LogP contribution in [0.2, 0.25) is 5.02 Å². The molecule has 3 N–H and O–H groups in total. The van der Waals surface area contributed by atoms with Crippen LogP contribution in [0, 0.1) is 0 Å². The van der Waals surface area contributed by atoms with Crippen molar-refractivity contribution >= 4 is 35.0 Å². The summed E-state index contributed by atoms with van der Waals surface area (Å²) in [4.78, 5) is 11.4. The first kappa shape index (κ1) is 12.9. The summed E-state index contributed by atoms with van der Waals surface area (Å²) in [6.07, 6.45) is 1.65. The number of aliphatic carboxylic acids is 1. The Bertz CT molecular complexity index is 432. The molecule has 1 rings (SSSR count). The van der Waals surface area contributed by atoms with Gasteiger partial charge in [0.2, 0.25) is 0 Å². The Morgan fingerprint density at radius 3 is 2.94 bits per heavy atom. The maximum Gasteiger partial charge on any atom is 0.330 e. The Morgan fingerprint density at radius 2 is 2.31 bits per heavy atom. The highest BCUT2D eigenvalue weighted by molar-refractivity contribution is 7.99. The summed E-state index contributed by atoms with van der Waals surface area (Å²) in [7, 11) is 0. The summed E-state index contributed by atoms with van der Waals surface area (Å²) in [6.45, 7) is 1.56. The lowest BCUT2D eigenvalue weighted by atomic mass is 10.3. The molecule has 0 aliphatic heterocycles. The second kappa shape index (κ2) is 5.82. The molecule has 0 saturated heterocycles. The van der Waals surface area contributed by atoms with E-state index in [1.807, 2.05) is 0 Å². The summed E-state index contributed by atoms with van der Waals surface area (Å²) in [5.41, 5.74) is 6.73. The quantitative estimate of drug-likeness (QED) is 0.494. The molecule has 0 bridgehead atoms. The van der Waals surface area contributed by atoms with E-state index in [0.717, 1.165) is 4.90 Å². The van der Waals surface area contributed by atoms with Gasteiger partial charge >= 0.3 is 5.97 Å². The first-order valence-corrected chi connectivity index (χ1v) is 5.95. The number of thioether (sulfide) groups is 1. The van der Waals surface area contributed by atoms with Crippen molar-refractivity contribution in [3.63, 3.8) is 0 Å². The summed E-state index contributed by atoms with van der Waals surface area (Å²) >= 11 is 7.29. The summed E-state index contributed by atoms with van der Waals surface area (Å²) in [5.74, 6) is -0.345. The van der Waals surface area contributed by atoms with Gasteiger partial charge < -0.3 is 10.8 Å². The fourth-order valence-electron chi connectivity index (χ4n) is 0.977. The number of anilines is 1. The van der Waals surface area contributed by atoms with Gasteiger partial charge in [0.15, 0.2) is 0 Å². The van der Waals surface area contributed by atoms with E-state index in [2.05, 4.69) is 0 Å². The highest BCUT2D eigenvalue weighted by Crippen LogP contribution is 2.28. The highest BCUT2D eigenvalue weighted by atomic mass is 35.5. The van der Waals surface area contributed by atoms with Crippen LogP contribution < -0.4 is 5.73 Å². The van der Waals surface area contributed by atoms with Crippen molar-refractivity contribution in [3.8, 4) is 0 Å². The van der Waals surface area contributed by atoms with E-state index in [0.29, 0.717) is 22.0 Å². The number of hydrogen-bond donors (Lipinski definition) is 2. The zero-order valence-corrected chi connectivity index (χ0v) is 10.3. The normalized spacial score (nSPS) is 11.5. The number of hydrogen-bond acceptors (Lipinski definition) is 3. The van der Waals surface area contributed by atoms with Crippen molar-refractivity contribution < 1.29 is 9.90 Å². The van der Waals surface area contributed by atoms with Crippen molar-refractivity contribution in [3.05, 3.63) is 34.9 Å². The molecule has 86 valence electrons. The van der Waals surface area contributed by atoms with Gasteiger partial charge in [-0.15, -0.1) is 11.8 Å². The van der Waals surface area contributed by atoms with Crippen LogP contribution in [0.3, 0.4) is 0 Å². The molecule has 0 heterocycles. The Hall–Kier alpha value is -1.13. The van der Waals surface area contributed by atoms with Gasteiger partial charge in [0.05, 0.1) is 0 Å². The third-order valence-corrected chi connectivity index (χ3v) is 3.17. The van der Waals surface area contributed by atoms with Crippen molar-refractivity contribution in [2.45, 2.75) is 11.8 Å². The molecule has 0 radical (unpaired) electrons. The van der Waals surface area contributed by atoms with Gasteiger partial charge in [0.25, 0.3) is 0 Å². The maximum atomic E-state index is 10.5. The monoisotopic (exact) mass is 257 g/mol. The van der Waals surface area contributed by atoms with Crippen LogP contribution in [-0.4, -0.2) is 16.8 Å². The Labute approximate surface area is 103 Å². The second-order valence-electron chi connectivity index (χ2n) is 3.19. The number of nitrogen functional groups attached to an aromatic ring is 1. The zero-order valence-electron chi connectivity index (χ0n) is 8.74. The van der Waals surface area contributed by atoms with E-state index in [-0.39, 0.29) is 0 Å². The van der Waals surface area contributed by atoms with Crippen LogP contribution in [-0.2, 0) is 4.79 Å². The standard InChI is InChI=1S/C11H12ClNO2S/c1-7(11(14)15)4-5-16-10-6-8(12)2-3-9(10)13/h2-4,6H,5,13H2,1H3,(H,14,15). The lowest BCUT2D eigenvalue weighted by Gasteiger charge is -2.03. The third kappa shape index (κ3) is 3.79. The van der Waals surface area contributed by atoms with E-state index >= 15 is 0 Å². The Balaban J connectivity index is 2.65. The van der Waals surface area contributed by atoms with Crippen LogP contribution in [0.5, 0.6) is 0 Å². The molecule has 0 amide bonds. The minimum absolute atomic E-state index is 0.327. The van der Waals surface area contributed by atoms with Gasteiger partial charge in [-0.25, -0.2) is 4.79 Å². The van der Waals surface area contributed by atoms with E-state index in [1.165, 1.54) is 11.8 Å². The SMILES string of the molecule is CC(=CCSc1cc(Cl)ccc1N)C(=O)O. The fourth-order valence-corrected chi connectivity index (χ4v) is 2.17.